The fraction of sp³-hybridized carbons (Fsp3) is 0.360. The molecule has 0 bridgehead atoms. The lowest BCUT2D eigenvalue weighted by Gasteiger charge is -2.21. The largest absolute Gasteiger partial charge is 0.494 e. The Hall–Kier alpha value is -3.20. The zero-order chi connectivity index (χ0) is 24.3. The van der Waals surface area contributed by atoms with E-state index in [0.29, 0.717) is 23.6 Å². The molecular formula is C25H29FN4O3S. The van der Waals surface area contributed by atoms with Crippen LogP contribution in [-0.4, -0.2) is 34.6 Å². The molecule has 1 aliphatic heterocycles. The first-order chi connectivity index (χ1) is 16.4. The van der Waals surface area contributed by atoms with Crippen molar-refractivity contribution in [2.45, 2.75) is 51.2 Å². The maximum absolute atomic E-state index is 13.1. The van der Waals surface area contributed by atoms with Gasteiger partial charge in [-0.1, -0.05) is 50.1 Å². The Morgan fingerprint density at radius 2 is 1.88 bits per heavy atom. The van der Waals surface area contributed by atoms with Gasteiger partial charge in [0, 0.05) is 12.1 Å². The third-order valence-electron chi connectivity index (χ3n) is 5.10. The monoisotopic (exact) mass is 484 g/mol. The van der Waals surface area contributed by atoms with Gasteiger partial charge in [0.15, 0.2) is 5.17 Å². The lowest BCUT2D eigenvalue weighted by Crippen LogP contribution is -2.41. The van der Waals surface area contributed by atoms with Crippen LogP contribution in [0.2, 0.25) is 0 Å². The minimum absolute atomic E-state index is 0.0368. The highest BCUT2D eigenvalue weighted by Crippen LogP contribution is 2.23. The number of rotatable bonds is 10. The van der Waals surface area contributed by atoms with Crippen molar-refractivity contribution in [3.8, 4) is 5.75 Å². The highest BCUT2D eigenvalue weighted by Gasteiger charge is 2.30. The number of carbonyl (C=O) groups excluding carboxylic acids is 2. The molecule has 1 atom stereocenters. The van der Waals surface area contributed by atoms with Crippen molar-refractivity contribution in [3.63, 3.8) is 0 Å². The fourth-order valence-electron chi connectivity index (χ4n) is 3.18. The summed E-state index contributed by atoms with van der Waals surface area (Å²) in [4.78, 5) is 24.8. The normalized spacial score (nSPS) is 17.4. The summed E-state index contributed by atoms with van der Waals surface area (Å²) in [5, 5.41) is 13.3. The molecule has 34 heavy (non-hydrogen) atoms. The number of nitrogens with zero attached hydrogens (tertiary/aromatic N) is 2. The first-order valence-corrected chi connectivity index (χ1v) is 12.2. The SMILES string of the molecule is CCCCCCOc1ccc(NC(=O)[C@@H]2CC(=O)N/C(=N/N=C(/C)c3ccc(F)cc3)S2)cc1. The first kappa shape index (κ1) is 25.4. The number of benzene rings is 2. The first-order valence-electron chi connectivity index (χ1n) is 11.3. The van der Waals surface area contributed by atoms with E-state index >= 15 is 0 Å². The van der Waals surface area contributed by atoms with Gasteiger partial charge in [-0.25, -0.2) is 4.39 Å². The molecule has 9 heteroatoms. The average molecular weight is 485 g/mol. The summed E-state index contributed by atoms with van der Waals surface area (Å²) < 4.78 is 18.8. The third-order valence-corrected chi connectivity index (χ3v) is 6.18. The maximum Gasteiger partial charge on any atom is 0.238 e. The number of amidine groups is 1. The second kappa shape index (κ2) is 12.9. The Labute approximate surface area is 203 Å². The molecule has 1 heterocycles. The van der Waals surface area contributed by atoms with Crippen molar-refractivity contribution in [1.29, 1.82) is 0 Å². The number of nitrogens with one attached hydrogen (secondary N) is 2. The standard InChI is InChI=1S/C25H29FN4O3S/c1-3-4-5-6-15-33-21-13-11-20(12-14-21)27-24(32)22-16-23(31)28-25(34-22)30-29-17(2)18-7-9-19(26)10-8-18/h7-14,22H,3-6,15-16H2,1-2H3,(H,27,32)(H,28,30,31)/b29-17-/t22-/m0/s1. The van der Waals surface area contributed by atoms with Crippen LogP contribution in [0.5, 0.6) is 5.75 Å². The Balaban J connectivity index is 1.55. The Kier molecular flexibility index (Phi) is 9.63. The highest BCUT2D eigenvalue weighted by molar-refractivity contribution is 8.15. The zero-order valence-electron chi connectivity index (χ0n) is 19.3. The zero-order valence-corrected chi connectivity index (χ0v) is 20.2. The number of hydrogen-bond donors (Lipinski definition) is 2. The van der Waals surface area contributed by atoms with E-state index in [0.717, 1.165) is 30.4 Å². The number of carbonyl (C=O) groups is 2. The lowest BCUT2D eigenvalue weighted by molar-refractivity contribution is -0.123. The number of halogens is 1. The van der Waals surface area contributed by atoms with Crippen molar-refractivity contribution in [2.75, 3.05) is 11.9 Å². The quantitative estimate of drug-likeness (QED) is 0.278. The Bertz CT molecular complexity index is 1040. The van der Waals surface area contributed by atoms with Gasteiger partial charge in [-0.15, -0.1) is 5.10 Å². The third kappa shape index (κ3) is 7.98. The van der Waals surface area contributed by atoms with Crippen LogP contribution in [0.25, 0.3) is 0 Å². The summed E-state index contributed by atoms with van der Waals surface area (Å²) in [6.07, 6.45) is 4.60. The molecule has 180 valence electrons. The van der Waals surface area contributed by atoms with Gasteiger partial charge in [0.1, 0.15) is 16.8 Å². The number of unbranched alkanes of at least 4 members (excludes halogenated alkanes) is 3. The van der Waals surface area contributed by atoms with Crippen LogP contribution in [0.4, 0.5) is 10.1 Å². The predicted octanol–water partition coefficient (Wildman–Crippen LogP) is 5.13. The molecule has 0 radical (unpaired) electrons. The van der Waals surface area contributed by atoms with E-state index in [2.05, 4.69) is 27.8 Å². The van der Waals surface area contributed by atoms with Gasteiger partial charge in [0.25, 0.3) is 0 Å². The molecule has 1 aliphatic rings. The van der Waals surface area contributed by atoms with Crippen LogP contribution in [0.15, 0.2) is 58.7 Å². The molecule has 0 unspecified atom stereocenters. The maximum atomic E-state index is 13.1. The molecular weight excluding hydrogens is 455 g/mol. The molecule has 2 amide bonds. The molecule has 0 aromatic heterocycles. The van der Waals surface area contributed by atoms with Crippen LogP contribution >= 0.6 is 11.8 Å². The van der Waals surface area contributed by atoms with Gasteiger partial charge in [-0.3, -0.25) is 9.59 Å². The highest BCUT2D eigenvalue weighted by atomic mass is 32.2. The smallest absolute Gasteiger partial charge is 0.238 e. The minimum atomic E-state index is -0.636. The fourth-order valence-corrected chi connectivity index (χ4v) is 4.12. The molecule has 0 saturated carbocycles. The summed E-state index contributed by atoms with van der Waals surface area (Å²) in [6.45, 7) is 4.57. The van der Waals surface area contributed by atoms with E-state index in [1.807, 2.05) is 12.1 Å². The van der Waals surface area contributed by atoms with Crippen LogP contribution in [0.1, 0.15) is 51.5 Å². The number of anilines is 1. The van der Waals surface area contributed by atoms with Gasteiger partial charge < -0.3 is 15.4 Å². The van der Waals surface area contributed by atoms with E-state index in [9.17, 15) is 14.0 Å². The van der Waals surface area contributed by atoms with Crippen molar-refractivity contribution in [2.24, 2.45) is 10.2 Å². The number of hydrogen-bond acceptors (Lipinski definition) is 6. The number of ether oxygens (including phenoxy) is 1. The Morgan fingerprint density at radius 1 is 1.15 bits per heavy atom. The van der Waals surface area contributed by atoms with Crippen molar-refractivity contribution < 1.29 is 18.7 Å². The molecule has 2 aromatic carbocycles. The van der Waals surface area contributed by atoms with Gasteiger partial charge in [0.05, 0.1) is 12.3 Å². The topological polar surface area (TPSA) is 92.1 Å². The lowest BCUT2D eigenvalue weighted by atomic mass is 10.1. The van der Waals surface area contributed by atoms with E-state index in [4.69, 9.17) is 4.74 Å². The van der Waals surface area contributed by atoms with E-state index < -0.39 is 5.25 Å². The number of amides is 2. The van der Waals surface area contributed by atoms with E-state index in [1.165, 1.54) is 25.0 Å². The average Bonchev–Trinajstić information content (AvgIpc) is 2.83. The number of thioether (sulfide) groups is 1. The van der Waals surface area contributed by atoms with Crippen LogP contribution < -0.4 is 15.4 Å². The molecule has 0 spiro atoms. The predicted molar refractivity (Wildman–Crippen MR) is 135 cm³/mol. The van der Waals surface area contributed by atoms with Crippen molar-refractivity contribution in [3.05, 3.63) is 59.9 Å². The summed E-state index contributed by atoms with van der Waals surface area (Å²) in [7, 11) is 0. The second-order valence-electron chi connectivity index (χ2n) is 7.88. The summed E-state index contributed by atoms with van der Waals surface area (Å²) >= 11 is 1.14. The van der Waals surface area contributed by atoms with E-state index in [1.54, 1.807) is 31.2 Å². The van der Waals surface area contributed by atoms with Crippen LogP contribution in [0.3, 0.4) is 0 Å². The summed E-state index contributed by atoms with van der Waals surface area (Å²) in [6, 6.07) is 13.1. The van der Waals surface area contributed by atoms with Gasteiger partial charge in [-0.2, -0.15) is 5.10 Å². The Morgan fingerprint density at radius 3 is 2.59 bits per heavy atom. The second-order valence-corrected chi connectivity index (χ2v) is 9.07. The van der Waals surface area contributed by atoms with Crippen LogP contribution in [0, 0.1) is 5.82 Å². The molecule has 2 N–H and O–H groups in total. The van der Waals surface area contributed by atoms with Gasteiger partial charge in [-0.05, 0) is 55.3 Å². The van der Waals surface area contributed by atoms with Gasteiger partial charge >= 0.3 is 0 Å². The molecule has 7 nitrogen and oxygen atoms in total. The molecule has 3 rings (SSSR count). The molecule has 2 aromatic rings. The van der Waals surface area contributed by atoms with Crippen molar-refractivity contribution >= 4 is 40.1 Å². The summed E-state index contributed by atoms with van der Waals surface area (Å²) in [5.74, 6) is -0.180. The summed E-state index contributed by atoms with van der Waals surface area (Å²) in [5.41, 5.74) is 1.89. The van der Waals surface area contributed by atoms with Crippen molar-refractivity contribution in [1.82, 2.24) is 5.32 Å². The van der Waals surface area contributed by atoms with Crippen LogP contribution in [-0.2, 0) is 9.59 Å². The molecule has 0 aliphatic carbocycles. The molecule has 1 saturated heterocycles. The minimum Gasteiger partial charge on any atom is -0.494 e. The molecule has 1 fully saturated rings. The van der Waals surface area contributed by atoms with Gasteiger partial charge in [0.2, 0.25) is 11.8 Å². The van der Waals surface area contributed by atoms with E-state index in [-0.39, 0.29) is 29.2 Å².